The number of ether oxygens (including phenoxy) is 5. The second-order valence-corrected chi connectivity index (χ2v) is 8.50. The molecule has 4 rings (SSSR count). The average molecular weight is 575 g/mol. The fourth-order valence-corrected chi connectivity index (χ4v) is 4.21. The van der Waals surface area contributed by atoms with Crippen LogP contribution in [0.25, 0.3) is 17.1 Å². The number of benzene rings is 2. The van der Waals surface area contributed by atoms with Gasteiger partial charge in [-0.1, -0.05) is 24.3 Å². The molecular weight excluding hydrogens is 545 g/mol. The first-order valence-electron chi connectivity index (χ1n) is 11.7. The lowest BCUT2D eigenvalue weighted by Gasteiger charge is -2.43. The predicted molar refractivity (Wildman–Crippen MR) is 135 cm³/mol. The quantitative estimate of drug-likeness (QED) is 0.359. The topological polar surface area (TPSA) is 98.1 Å². The van der Waals surface area contributed by atoms with E-state index in [1.54, 1.807) is 21.3 Å². The Hall–Kier alpha value is -2.78. The van der Waals surface area contributed by atoms with Gasteiger partial charge in [0.05, 0.1) is 11.8 Å². The monoisotopic (exact) mass is 574 g/mol. The Morgan fingerprint density at radius 3 is 2.15 bits per heavy atom. The molecule has 0 spiro atoms. The van der Waals surface area contributed by atoms with Gasteiger partial charge in [0.15, 0.2) is 5.82 Å². The van der Waals surface area contributed by atoms with E-state index in [1.165, 1.54) is 35.3 Å². The highest BCUT2D eigenvalue weighted by atomic mass is 35.5. The summed E-state index contributed by atoms with van der Waals surface area (Å²) in [5, 5.41) is 4.41. The standard InChI is InChI=1S/C25H29F3N4O6.ClH/c1-15-20(33-2)21(34-3)22(35-4)24(36-15)38-30-13-16-5-7-17(8-6-16)23-29-14-32(31-23)18-9-11-19(12-10-18)37-25(26,27)28;/h5-12,14-15,20-22,24,30H,13H2,1-4H3;1H/t15-,20-,21-,22-,24-;/m0./s1. The molecule has 0 amide bonds. The van der Waals surface area contributed by atoms with Gasteiger partial charge >= 0.3 is 6.36 Å². The lowest BCUT2D eigenvalue weighted by atomic mass is 9.99. The van der Waals surface area contributed by atoms with E-state index in [1.807, 2.05) is 31.2 Å². The predicted octanol–water partition coefficient (Wildman–Crippen LogP) is 4.07. The molecule has 0 unspecified atom stereocenters. The number of aromatic nitrogens is 3. The molecular formula is C25H30ClF3N4O6. The zero-order valence-electron chi connectivity index (χ0n) is 21.6. The number of nitrogens with zero attached hydrogens (tertiary/aromatic N) is 3. The minimum Gasteiger partial charge on any atom is -0.406 e. The van der Waals surface area contributed by atoms with Crippen LogP contribution in [0.2, 0.25) is 0 Å². The average Bonchev–Trinajstić information content (AvgIpc) is 3.38. The Labute approximate surface area is 229 Å². The lowest BCUT2D eigenvalue weighted by molar-refractivity contribution is -0.319. The first-order chi connectivity index (χ1) is 18.2. The van der Waals surface area contributed by atoms with Gasteiger partial charge in [0, 0.05) is 33.4 Å². The maximum atomic E-state index is 12.4. The van der Waals surface area contributed by atoms with Crippen molar-refractivity contribution in [1.82, 2.24) is 20.2 Å². The van der Waals surface area contributed by atoms with Crippen LogP contribution < -0.4 is 10.2 Å². The summed E-state index contributed by atoms with van der Waals surface area (Å²) in [5.74, 6) is 0.150. The molecule has 0 bridgehead atoms. The van der Waals surface area contributed by atoms with E-state index in [2.05, 4.69) is 20.3 Å². The molecule has 39 heavy (non-hydrogen) atoms. The molecule has 14 heteroatoms. The molecule has 10 nitrogen and oxygen atoms in total. The van der Waals surface area contributed by atoms with Crippen LogP contribution in [-0.2, 0) is 30.3 Å². The largest absolute Gasteiger partial charge is 0.573 e. The molecule has 5 atom stereocenters. The van der Waals surface area contributed by atoms with Crippen molar-refractivity contribution in [3.05, 3.63) is 60.4 Å². The van der Waals surface area contributed by atoms with E-state index in [0.717, 1.165) is 11.1 Å². The summed E-state index contributed by atoms with van der Waals surface area (Å²) in [5.41, 5.74) is 5.16. The molecule has 1 N–H and O–H groups in total. The normalized spacial score (nSPS) is 23.3. The summed E-state index contributed by atoms with van der Waals surface area (Å²) in [7, 11) is 4.75. The minimum atomic E-state index is -4.74. The Balaban J connectivity index is 0.00000420. The van der Waals surface area contributed by atoms with Gasteiger partial charge in [-0.25, -0.2) is 9.67 Å². The molecule has 0 saturated carbocycles. The molecule has 0 aliphatic carbocycles. The molecule has 2 heterocycles. The third kappa shape index (κ3) is 7.66. The van der Waals surface area contributed by atoms with Crippen molar-refractivity contribution in [2.75, 3.05) is 21.3 Å². The SMILES string of the molecule is CO[C@@H]1[C@H](OC)[C@H](ONCc2ccc(-c3ncn(-c4ccc(OC(F)(F)F)cc4)n3)cc2)O[C@@H](C)[C@@H]1OC.Cl. The highest BCUT2D eigenvalue weighted by molar-refractivity contribution is 5.85. The number of alkyl halides is 3. The first kappa shape index (κ1) is 30.8. The number of halogens is 4. The summed E-state index contributed by atoms with van der Waals surface area (Å²) < 4.78 is 65.0. The van der Waals surface area contributed by atoms with E-state index in [4.69, 9.17) is 23.8 Å². The first-order valence-corrected chi connectivity index (χ1v) is 11.7. The number of rotatable bonds is 10. The smallest absolute Gasteiger partial charge is 0.406 e. The number of hydrogen-bond acceptors (Lipinski definition) is 9. The van der Waals surface area contributed by atoms with E-state index in [9.17, 15) is 13.2 Å². The number of methoxy groups -OCH3 is 3. The molecule has 3 aromatic rings. The van der Waals surface area contributed by atoms with Crippen molar-refractivity contribution >= 4 is 12.4 Å². The third-order valence-corrected chi connectivity index (χ3v) is 6.06. The van der Waals surface area contributed by atoms with Gasteiger partial charge in [0.25, 0.3) is 0 Å². The van der Waals surface area contributed by atoms with Crippen molar-refractivity contribution in [1.29, 1.82) is 0 Å². The highest BCUT2D eigenvalue weighted by Gasteiger charge is 2.46. The van der Waals surface area contributed by atoms with Crippen molar-refractivity contribution in [3.8, 4) is 22.8 Å². The third-order valence-electron chi connectivity index (χ3n) is 6.06. The van der Waals surface area contributed by atoms with Gasteiger partial charge in [-0.15, -0.1) is 30.7 Å². The van der Waals surface area contributed by atoms with E-state index in [-0.39, 0.29) is 36.5 Å². The van der Waals surface area contributed by atoms with E-state index >= 15 is 0 Å². The van der Waals surface area contributed by atoms with Crippen LogP contribution >= 0.6 is 12.4 Å². The fourth-order valence-electron chi connectivity index (χ4n) is 4.21. The Morgan fingerprint density at radius 2 is 1.56 bits per heavy atom. The van der Waals surface area contributed by atoms with Gasteiger partial charge in [0.2, 0.25) is 6.29 Å². The molecule has 1 aliphatic rings. The molecule has 214 valence electrons. The van der Waals surface area contributed by atoms with Gasteiger partial charge in [-0.05, 0) is 36.8 Å². The Bertz CT molecular complexity index is 1170. The van der Waals surface area contributed by atoms with Gasteiger partial charge in [-0.2, -0.15) is 5.48 Å². The molecule has 2 aromatic carbocycles. The molecule has 1 fully saturated rings. The van der Waals surface area contributed by atoms with Crippen LogP contribution in [0, 0.1) is 0 Å². The van der Waals surface area contributed by atoms with Crippen molar-refractivity contribution in [3.63, 3.8) is 0 Å². The van der Waals surface area contributed by atoms with Crippen LogP contribution in [0.5, 0.6) is 5.75 Å². The number of hydroxylamine groups is 1. The summed E-state index contributed by atoms with van der Waals surface area (Å²) in [6.45, 7) is 2.28. The molecule has 0 radical (unpaired) electrons. The second-order valence-electron chi connectivity index (χ2n) is 8.50. The van der Waals surface area contributed by atoms with Crippen LogP contribution in [0.3, 0.4) is 0 Å². The van der Waals surface area contributed by atoms with Gasteiger partial charge in [-0.3, -0.25) is 4.84 Å². The van der Waals surface area contributed by atoms with Crippen LogP contribution in [0.15, 0.2) is 54.9 Å². The van der Waals surface area contributed by atoms with Crippen molar-refractivity contribution in [2.45, 2.75) is 50.5 Å². The molecule has 1 aromatic heterocycles. The van der Waals surface area contributed by atoms with Crippen LogP contribution in [-0.4, -0.2) is 73.2 Å². The summed E-state index contributed by atoms with van der Waals surface area (Å²) in [6, 6.07) is 12.9. The van der Waals surface area contributed by atoms with E-state index in [0.29, 0.717) is 18.1 Å². The second kappa shape index (κ2) is 13.5. The van der Waals surface area contributed by atoms with Crippen LogP contribution in [0.4, 0.5) is 13.2 Å². The van der Waals surface area contributed by atoms with Crippen LogP contribution in [0.1, 0.15) is 12.5 Å². The molecule has 1 saturated heterocycles. The van der Waals surface area contributed by atoms with Crippen molar-refractivity contribution in [2.24, 2.45) is 0 Å². The number of nitrogens with one attached hydrogen (secondary N) is 1. The van der Waals surface area contributed by atoms with Gasteiger partial charge < -0.3 is 23.7 Å². The maximum absolute atomic E-state index is 12.4. The highest BCUT2D eigenvalue weighted by Crippen LogP contribution is 2.27. The Kier molecular flexibility index (Phi) is 10.7. The van der Waals surface area contributed by atoms with Crippen molar-refractivity contribution < 1.29 is 41.7 Å². The lowest BCUT2D eigenvalue weighted by Crippen LogP contribution is -2.60. The number of hydrogen-bond donors (Lipinski definition) is 1. The van der Waals surface area contributed by atoms with Gasteiger partial charge in [0.1, 0.15) is 30.4 Å². The summed E-state index contributed by atoms with van der Waals surface area (Å²) in [6.07, 6.45) is -5.38. The summed E-state index contributed by atoms with van der Waals surface area (Å²) >= 11 is 0. The maximum Gasteiger partial charge on any atom is 0.573 e. The summed E-state index contributed by atoms with van der Waals surface area (Å²) in [4.78, 5) is 10.1. The molecule has 1 aliphatic heterocycles. The fraction of sp³-hybridized carbons (Fsp3) is 0.440. The zero-order chi connectivity index (χ0) is 27.3. The van der Waals surface area contributed by atoms with E-state index < -0.39 is 18.8 Å². The zero-order valence-corrected chi connectivity index (χ0v) is 22.4. The minimum absolute atomic E-state index is 0. The Morgan fingerprint density at radius 1 is 0.923 bits per heavy atom.